The van der Waals surface area contributed by atoms with Crippen LogP contribution < -0.4 is 14.8 Å². The Morgan fingerprint density at radius 3 is 2.49 bits per heavy atom. The van der Waals surface area contributed by atoms with Crippen LogP contribution in [0.2, 0.25) is 0 Å². The van der Waals surface area contributed by atoms with Crippen molar-refractivity contribution in [1.29, 1.82) is 0 Å². The van der Waals surface area contributed by atoms with Gasteiger partial charge in [-0.2, -0.15) is 0 Å². The second-order valence-corrected chi connectivity index (χ2v) is 12.2. The lowest BCUT2D eigenvalue weighted by molar-refractivity contribution is 0.306. The summed E-state index contributed by atoms with van der Waals surface area (Å²) in [5, 5.41) is 3.73. The van der Waals surface area contributed by atoms with Crippen molar-refractivity contribution in [3.05, 3.63) is 102 Å². The maximum absolute atomic E-state index is 13.2. The summed E-state index contributed by atoms with van der Waals surface area (Å²) in [6.45, 7) is 0.546. The molecule has 3 aromatic rings. The van der Waals surface area contributed by atoms with Crippen LogP contribution in [0.3, 0.4) is 0 Å². The highest BCUT2D eigenvalue weighted by Gasteiger charge is 2.38. The monoisotopic (exact) mass is 514 g/mol. The van der Waals surface area contributed by atoms with Gasteiger partial charge in [0.25, 0.3) is 0 Å². The third-order valence-corrected chi connectivity index (χ3v) is 9.58. The Bertz CT molecular complexity index is 1360. The number of hydrogen-bond acceptors (Lipinski definition) is 4. The third kappa shape index (κ3) is 5.18. The fourth-order valence-corrected chi connectivity index (χ4v) is 7.43. The van der Waals surface area contributed by atoms with Gasteiger partial charge in [-0.3, -0.25) is 0 Å². The summed E-state index contributed by atoms with van der Waals surface area (Å²) in [6.07, 6.45) is 10.7. The molecular formula is C31H34N2O3S. The molecule has 192 valence electrons. The van der Waals surface area contributed by atoms with Gasteiger partial charge in [0.15, 0.2) is 0 Å². The van der Waals surface area contributed by atoms with E-state index >= 15 is 0 Å². The number of anilines is 1. The van der Waals surface area contributed by atoms with Crippen LogP contribution in [0.4, 0.5) is 5.69 Å². The van der Waals surface area contributed by atoms with E-state index in [0.29, 0.717) is 17.4 Å². The van der Waals surface area contributed by atoms with Gasteiger partial charge in [-0.05, 0) is 72.2 Å². The van der Waals surface area contributed by atoms with Crippen molar-refractivity contribution >= 4 is 15.7 Å². The van der Waals surface area contributed by atoms with E-state index in [1.165, 1.54) is 12.0 Å². The first kappa shape index (κ1) is 24.3. The number of benzene rings is 3. The average Bonchev–Trinajstić information content (AvgIpc) is 3.43. The Morgan fingerprint density at radius 2 is 1.70 bits per heavy atom. The summed E-state index contributed by atoms with van der Waals surface area (Å²) >= 11 is 0. The molecule has 0 bridgehead atoms. The Hall–Kier alpha value is -3.09. The van der Waals surface area contributed by atoms with Gasteiger partial charge in [-0.15, -0.1) is 0 Å². The summed E-state index contributed by atoms with van der Waals surface area (Å²) in [5.74, 6) is 1.39. The minimum Gasteiger partial charge on any atom is -0.489 e. The molecule has 0 radical (unpaired) electrons. The van der Waals surface area contributed by atoms with Gasteiger partial charge in [0.2, 0.25) is 10.0 Å². The van der Waals surface area contributed by atoms with E-state index in [-0.39, 0.29) is 18.0 Å². The molecule has 2 N–H and O–H groups in total. The van der Waals surface area contributed by atoms with E-state index in [2.05, 4.69) is 46.5 Å². The first-order valence-electron chi connectivity index (χ1n) is 13.4. The molecule has 3 atom stereocenters. The van der Waals surface area contributed by atoms with Crippen molar-refractivity contribution in [2.45, 2.75) is 68.0 Å². The predicted molar refractivity (Wildman–Crippen MR) is 147 cm³/mol. The van der Waals surface area contributed by atoms with Crippen molar-refractivity contribution in [2.24, 2.45) is 5.92 Å². The molecule has 6 heteroatoms. The van der Waals surface area contributed by atoms with Gasteiger partial charge >= 0.3 is 0 Å². The lowest BCUT2D eigenvalue weighted by Gasteiger charge is -2.37. The molecule has 3 aliphatic rings. The molecule has 0 spiro atoms. The first-order chi connectivity index (χ1) is 18.1. The van der Waals surface area contributed by atoms with Crippen molar-refractivity contribution < 1.29 is 13.2 Å². The lowest BCUT2D eigenvalue weighted by Crippen LogP contribution is -2.36. The molecular weight excluding hydrogens is 480 g/mol. The molecule has 0 saturated heterocycles. The van der Waals surface area contributed by atoms with Crippen LogP contribution in [0.1, 0.15) is 67.2 Å². The standard InChI is InChI=1S/C31H34N2O3S/c34-37(35,33-24-10-5-2-6-11-24)26-18-19-30-29(20-26)27-12-7-13-28(27)31(32-30)23-14-16-25(17-15-23)36-21-22-8-3-1-4-9-22/h1,3-4,7-9,12,14-20,24,27-28,31-33H,2,5-6,10-11,13,21H2. The molecule has 1 aliphatic heterocycles. The fourth-order valence-electron chi connectivity index (χ4n) is 6.09. The van der Waals surface area contributed by atoms with Gasteiger partial charge in [0.1, 0.15) is 12.4 Å². The second-order valence-electron chi connectivity index (χ2n) is 10.5. The zero-order chi connectivity index (χ0) is 25.2. The summed E-state index contributed by atoms with van der Waals surface area (Å²) in [4.78, 5) is 0.371. The summed E-state index contributed by atoms with van der Waals surface area (Å²) in [6, 6.07) is 24.3. The number of allylic oxidation sites excluding steroid dienone is 2. The Balaban J connectivity index is 1.19. The Labute approximate surface area is 220 Å². The molecule has 3 aromatic carbocycles. The van der Waals surface area contributed by atoms with Crippen LogP contribution in [-0.4, -0.2) is 14.5 Å². The number of rotatable bonds is 7. The van der Waals surface area contributed by atoms with Gasteiger partial charge in [-0.25, -0.2) is 13.1 Å². The van der Waals surface area contributed by atoms with Crippen molar-refractivity contribution in [1.82, 2.24) is 4.72 Å². The highest BCUT2D eigenvalue weighted by atomic mass is 32.2. The van der Waals surface area contributed by atoms with Gasteiger partial charge in [0, 0.05) is 17.6 Å². The Morgan fingerprint density at radius 1 is 0.919 bits per heavy atom. The highest BCUT2D eigenvalue weighted by Crippen LogP contribution is 2.50. The van der Waals surface area contributed by atoms with Crippen LogP contribution in [0.5, 0.6) is 5.75 Å². The van der Waals surface area contributed by atoms with E-state index < -0.39 is 10.0 Å². The summed E-state index contributed by atoms with van der Waals surface area (Å²) in [5.41, 5.74) is 4.45. The minimum atomic E-state index is -3.53. The zero-order valence-corrected chi connectivity index (χ0v) is 21.8. The molecule has 1 heterocycles. The second kappa shape index (κ2) is 10.3. The molecule has 37 heavy (non-hydrogen) atoms. The van der Waals surface area contributed by atoms with Crippen LogP contribution in [0, 0.1) is 5.92 Å². The summed E-state index contributed by atoms with van der Waals surface area (Å²) in [7, 11) is -3.53. The third-order valence-electron chi connectivity index (χ3n) is 8.06. The van der Waals surface area contributed by atoms with E-state index in [4.69, 9.17) is 4.74 Å². The molecule has 1 saturated carbocycles. The van der Waals surface area contributed by atoms with Crippen molar-refractivity contribution in [3.63, 3.8) is 0 Å². The first-order valence-corrected chi connectivity index (χ1v) is 14.9. The molecule has 6 rings (SSSR count). The molecule has 1 fully saturated rings. The fraction of sp³-hybridized carbons (Fsp3) is 0.355. The van der Waals surface area contributed by atoms with Gasteiger partial charge < -0.3 is 10.1 Å². The Kier molecular flexibility index (Phi) is 6.78. The molecule has 0 amide bonds. The van der Waals surface area contributed by atoms with Crippen LogP contribution in [-0.2, 0) is 16.6 Å². The van der Waals surface area contributed by atoms with Gasteiger partial charge in [0.05, 0.1) is 10.9 Å². The minimum absolute atomic E-state index is 0.0519. The normalized spacial score (nSPS) is 23.2. The van der Waals surface area contributed by atoms with Crippen LogP contribution in [0.15, 0.2) is 89.8 Å². The van der Waals surface area contributed by atoms with Gasteiger partial charge in [-0.1, -0.05) is 73.9 Å². The topological polar surface area (TPSA) is 67.4 Å². The van der Waals surface area contributed by atoms with Crippen LogP contribution in [0.25, 0.3) is 0 Å². The maximum Gasteiger partial charge on any atom is 0.240 e. The predicted octanol–water partition coefficient (Wildman–Crippen LogP) is 6.70. The number of ether oxygens (including phenoxy) is 1. The van der Waals surface area contributed by atoms with Crippen molar-refractivity contribution in [3.8, 4) is 5.75 Å². The van der Waals surface area contributed by atoms with E-state index in [1.807, 2.05) is 42.5 Å². The van der Waals surface area contributed by atoms with Crippen LogP contribution >= 0.6 is 0 Å². The quantitative estimate of drug-likeness (QED) is 0.344. The number of hydrogen-bond donors (Lipinski definition) is 2. The molecule has 5 nitrogen and oxygen atoms in total. The number of sulfonamides is 1. The van der Waals surface area contributed by atoms with Crippen molar-refractivity contribution in [2.75, 3.05) is 5.32 Å². The SMILES string of the molecule is O=S(=O)(NC1CCCCC1)c1ccc2c(c1)C1C=CCC1C(c1ccc(OCc3ccccc3)cc1)N2. The number of fused-ring (bicyclic) bond motifs is 3. The average molecular weight is 515 g/mol. The zero-order valence-electron chi connectivity index (χ0n) is 21.0. The van der Waals surface area contributed by atoms with E-state index in [0.717, 1.165) is 54.7 Å². The largest absolute Gasteiger partial charge is 0.489 e. The molecule has 0 aromatic heterocycles. The van der Waals surface area contributed by atoms with E-state index in [9.17, 15) is 8.42 Å². The highest BCUT2D eigenvalue weighted by molar-refractivity contribution is 7.89. The lowest BCUT2D eigenvalue weighted by atomic mass is 9.77. The smallest absolute Gasteiger partial charge is 0.240 e. The maximum atomic E-state index is 13.2. The van der Waals surface area contributed by atoms with E-state index in [1.54, 1.807) is 6.07 Å². The molecule has 2 aliphatic carbocycles. The summed E-state index contributed by atoms with van der Waals surface area (Å²) < 4.78 is 35.3. The molecule has 3 unspecified atom stereocenters. The number of nitrogens with one attached hydrogen (secondary N) is 2.